The van der Waals surface area contributed by atoms with E-state index in [2.05, 4.69) is 31.5 Å². The molecule has 0 saturated carbocycles. The summed E-state index contributed by atoms with van der Waals surface area (Å²) in [6, 6.07) is 4.52. The van der Waals surface area contributed by atoms with Crippen molar-refractivity contribution < 1.29 is 14.4 Å². The maximum atomic E-state index is 12.9. The molecule has 2 heterocycles. The number of halogens is 1. The maximum absolute atomic E-state index is 12.9. The van der Waals surface area contributed by atoms with Crippen LogP contribution in [0.1, 0.15) is 79.8 Å². The van der Waals surface area contributed by atoms with E-state index in [1.54, 1.807) is 25.1 Å². The van der Waals surface area contributed by atoms with Gasteiger partial charge in [0, 0.05) is 41.1 Å². The van der Waals surface area contributed by atoms with E-state index in [0.29, 0.717) is 22.1 Å². The van der Waals surface area contributed by atoms with Crippen LogP contribution in [-0.2, 0) is 0 Å². The van der Waals surface area contributed by atoms with Crippen LogP contribution in [-0.4, -0.2) is 50.8 Å². The van der Waals surface area contributed by atoms with Crippen LogP contribution in [0.3, 0.4) is 0 Å². The van der Waals surface area contributed by atoms with Crippen molar-refractivity contribution in [1.82, 2.24) is 31.0 Å². The predicted molar refractivity (Wildman–Crippen MR) is 134 cm³/mol. The van der Waals surface area contributed by atoms with E-state index >= 15 is 0 Å². The van der Waals surface area contributed by atoms with E-state index in [-0.39, 0.29) is 29.6 Å². The van der Waals surface area contributed by atoms with Gasteiger partial charge >= 0.3 is 6.03 Å². The topological polar surface area (TPSA) is 128 Å². The van der Waals surface area contributed by atoms with Gasteiger partial charge in [-0.2, -0.15) is 0 Å². The van der Waals surface area contributed by atoms with Crippen LogP contribution < -0.4 is 21.5 Å². The number of aromatic nitrogens is 2. The summed E-state index contributed by atoms with van der Waals surface area (Å²) in [5, 5.41) is 6.11. The third-order valence-electron chi connectivity index (χ3n) is 5.87. The number of hydrazine groups is 1. The number of nitrogens with zero attached hydrogens (tertiary/aromatic N) is 3. The van der Waals surface area contributed by atoms with Crippen molar-refractivity contribution in [3.8, 4) is 0 Å². The molecule has 4 N–H and O–H groups in total. The molecule has 0 unspecified atom stereocenters. The minimum absolute atomic E-state index is 0.0472. The zero-order chi connectivity index (χ0) is 25.7. The highest BCUT2D eigenvalue weighted by Crippen LogP contribution is 2.29. The molecule has 1 aliphatic heterocycles. The molecule has 1 fully saturated rings. The molecule has 188 valence electrons. The first-order valence-electron chi connectivity index (χ1n) is 11.6. The lowest BCUT2D eigenvalue weighted by molar-refractivity contribution is 0.0692. The van der Waals surface area contributed by atoms with E-state index in [0.717, 1.165) is 12.8 Å². The van der Waals surface area contributed by atoms with E-state index in [1.807, 2.05) is 32.6 Å². The molecular formula is C24H32ClN7O3. The Balaban J connectivity index is 1.54. The lowest BCUT2D eigenvalue weighted by Gasteiger charge is -2.26. The molecule has 1 aromatic heterocycles. The monoisotopic (exact) mass is 501 g/mol. The molecule has 0 bridgehead atoms. The Hall–Kier alpha value is -3.40. The fourth-order valence-electron chi connectivity index (χ4n) is 4.03. The van der Waals surface area contributed by atoms with Gasteiger partial charge < -0.3 is 15.5 Å². The summed E-state index contributed by atoms with van der Waals surface area (Å²) in [5.41, 5.74) is 5.96. The molecule has 0 radical (unpaired) electrons. The third kappa shape index (κ3) is 6.60. The SMILES string of the molecule is CC(C)Nc1ncc(C(=O)NNC(=O)N[C@H](C)c2ccc(C(=O)N3[C@H](C)CC[C@@H]3C)cc2Cl)cn1. The van der Waals surface area contributed by atoms with Gasteiger partial charge in [0.05, 0.1) is 11.6 Å². The highest BCUT2D eigenvalue weighted by molar-refractivity contribution is 6.31. The smallest absolute Gasteiger partial charge is 0.333 e. The molecule has 35 heavy (non-hydrogen) atoms. The molecule has 4 amide bonds. The number of hydrogen-bond acceptors (Lipinski definition) is 6. The van der Waals surface area contributed by atoms with Crippen LogP contribution in [0.4, 0.5) is 10.7 Å². The first-order chi connectivity index (χ1) is 16.6. The van der Waals surface area contributed by atoms with Crippen molar-refractivity contribution in [2.75, 3.05) is 5.32 Å². The number of anilines is 1. The summed E-state index contributed by atoms with van der Waals surface area (Å²) < 4.78 is 0. The Morgan fingerprint density at radius 1 is 1.00 bits per heavy atom. The summed E-state index contributed by atoms with van der Waals surface area (Å²) in [6.07, 6.45) is 4.70. The number of amides is 4. The highest BCUT2D eigenvalue weighted by atomic mass is 35.5. The van der Waals surface area contributed by atoms with Crippen LogP contribution in [0.15, 0.2) is 30.6 Å². The molecule has 11 heteroatoms. The standard InChI is InChI=1S/C24H32ClN7O3/c1-13(2)28-23-26-11-18(12-27-23)21(33)30-31-24(35)29-16(5)19-9-8-17(10-20(19)25)22(34)32-14(3)6-7-15(32)4/h8-16H,6-7H2,1-5H3,(H,30,33)(H,26,27,28)(H2,29,31,35)/t14-,15+,16-/m1/s1. The molecule has 0 aliphatic carbocycles. The fourth-order valence-corrected chi connectivity index (χ4v) is 4.37. The molecule has 2 aromatic rings. The van der Waals surface area contributed by atoms with Crippen molar-refractivity contribution in [3.63, 3.8) is 0 Å². The van der Waals surface area contributed by atoms with Crippen molar-refractivity contribution in [3.05, 3.63) is 52.3 Å². The van der Waals surface area contributed by atoms with Crippen LogP contribution in [0.5, 0.6) is 0 Å². The molecule has 3 atom stereocenters. The lowest BCUT2D eigenvalue weighted by Crippen LogP contribution is -2.47. The van der Waals surface area contributed by atoms with Crippen LogP contribution in [0.2, 0.25) is 5.02 Å². The zero-order valence-electron chi connectivity index (χ0n) is 20.6. The number of carbonyl (C=O) groups excluding carboxylic acids is 3. The second-order valence-corrected chi connectivity index (χ2v) is 9.50. The van der Waals surface area contributed by atoms with Gasteiger partial charge in [-0.05, 0) is 65.2 Å². The van der Waals surface area contributed by atoms with Crippen molar-refractivity contribution >= 4 is 35.4 Å². The van der Waals surface area contributed by atoms with Crippen LogP contribution >= 0.6 is 11.6 Å². The number of likely N-dealkylation sites (tertiary alicyclic amines) is 1. The van der Waals surface area contributed by atoms with Gasteiger partial charge in [0.1, 0.15) is 0 Å². The molecular weight excluding hydrogens is 470 g/mol. The van der Waals surface area contributed by atoms with Gasteiger partial charge in [-0.1, -0.05) is 17.7 Å². The van der Waals surface area contributed by atoms with E-state index in [9.17, 15) is 14.4 Å². The fraction of sp³-hybridized carbons (Fsp3) is 0.458. The molecule has 1 aromatic carbocycles. The first kappa shape index (κ1) is 26.2. The minimum atomic E-state index is -0.624. The van der Waals surface area contributed by atoms with Gasteiger partial charge in [-0.25, -0.2) is 20.2 Å². The maximum Gasteiger partial charge on any atom is 0.333 e. The Morgan fingerprint density at radius 3 is 2.20 bits per heavy atom. The van der Waals surface area contributed by atoms with E-state index in [1.165, 1.54) is 12.4 Å². The minimum Gasteiger partial charge on any atom is -0.352 e. The largest absolute Gasteiger partial charge is 0.352 e. The summed E-state index contributed by atoms with van der Waals surface area (Å²) in [6.45, 7) is 9.75. The number of carbonyl (C=O) groups is 3. The van der Waals surface area contributed by atoms with Gasteiger partial charge in [-0.3, -0.25) is 15.0 Å². The normalized spacial score (nSPS) is 18.2. The number of rotatable bonds is 6. The van der Waals surface area contributed by atoms with E-state index in [4.69, 9.17) is 11.6 Å². The Bertz CT molecular complexity index is 1070. The van der Waals surface area contributed by atoms with E-state index < -0.39 is 18.0 Å². The van der Waals surface area contributed by atoms with Gasteiger partial charge in [0.15, 0.2) is 0 Å². The molecule has 0 spiro atoms. The van der Waals surface area contributed by atoms with Crippen molar-refractivity contribution in [1.29, 1.82) is 0 Å². The summed E-state index contributed by atoms with van der Waals surface area (Å²) in [4.78, 5) is 47.5. The van der Waals surface area contributed by atoms with Crippen LogP contribution in [0, 0.1) is 0 Å². The lowest BCUT2D eigenvalue weighted by atomic mass is 10.0. The number of nitrogens with one attached hydrogen (secondary N) is 4. The molecule has 1 saturated heterocycles. The summed E-state index contributed by atoms with van der Waals surface area (Å²) in [5.74, 6) is -0.200. The Morgan fingerprint density at radius 2 is 1.63 bits per heavy atom. The van der Waals surface area contributed by atoms with Crippen LogP contribution in [0.25, 0.3) is 0 Å². The van der Waals surface area contributed by atoms with Crippen molar-refractivity contribution in [2.24, 2.45) is 0 Å². The quantitative estimate of drug-likeness (QED) is 0.447. The third-order valence-corrected chi connectivity index (χ3v) is 6.20. The average molecular weight is 502 g/mol. The highest BCUT2D eigenvalue weighted by Gasteiger charge is 2.32. The second-order valence-electron chi connectivity index (χ2n) is 9.09. The number of benzene rings is 1. The summed E-state index contributed by atoms with van der Waals surface area (Å²) >= 11 is 6.45. The number of urea groups is 1. The summed E-state index contributed by atoms with van der Waals surface area (Å²) in [7, 11) is 0. The molecule has 1 aliphatic rings. The molecule has 3 rings (SSSR count). The van der Waals surface area contributed by atoms with Crippen molar-refractivity contribution in [2.45, 2.75) is 71.6 Å². The Labute approximate surface area is 210 Å². The van der Waals surface area contributed by atoms with Gasteiger partial charge in [-0.15, -0.1) is 0 Å². The van der Waals surface area contributed by atoms with Gasteiger partial charge in [0.25, 0.3) is 11.8 Å². The number of hydrogen-bond donors (Lipinski definition) is 4. The second kappa shape index (κ2) is 11.4. The zero-order valence-corrected chi connectivity index (χ0v) is 21.3. The van der Waals surface area contributed by atoms with Gasteiger partial charge in [0.2, 0.25) is 5.95 Å². The molecule has 10 nitrogen and oxygen atoms in total. The average Bonchev–Trinajstić information content (AvgIpc) is 3.14. The predicted octanol–water partition coefficient (Wildman–Crippen LogP) is 3.67. The first-order valence-corrected chi connectivity index (χ1v) is 12.0. The Kier molecular flexibility index (Phi) is 8.50.